The number of carbonyl (C=O) groups excluding carboxylic acids is 1. The molecule has 0 aliphatic carbocycles. The van der Waals surface area contributed by atoms with E-state index < -0.39 is 17.5 Å². The number of aromatic amines is 1. The first kappa shape index (κ1) is 12.0. The van der Waals surface area contributed by atoms with Crippen molar-refractivity contribution >= 4 is 11.7 Å². The number of nitrogens with two attached hydrogens (primary N) is 1. The minimum Gasteiger partial charge on any atom is -0.384 e. The SMILES string of the molecule is Nc1[nH]ncc1CNC(=O)c1cc(F)cc(F)c1. The number of aromatic nitrogens is 2. The van der Waals surface area contributed by atoms with Crippen LogP contribution in [-0.2, 0) is 6.54 Å². The molecule has 0 spiro atoms. The normalized spacial score (nSPS) is 10.3. The fraction of sp³-hybridized carbons (Fsp3) is 0.0909. The number of nitrogens with one attached hydrogen (secondary N) is 2. The Bertz CT molecular complexity index is 562. The minimum atomic E-state index is -0.803. The van der Waals surface area contributed by atoms with E-state index >= 15 is 0 Å². The fourth-order valence-electron chi connectivity index (χ4n) is 1.42. The van der Waals surface area contributed by atoms with Crippen molar-refractivity contribution in [2.24, 2.45) is 0 Å². The van der Waals surface area contributed by atoms with E-state index in [9.17, 15) is 13.6 Å². The minimum absolute atomic E-state index is 0.0884. The van der Waals surface area contributed by atoms with Crippen molar-refractivity contribution in [3.63, 3.8) is 0 Å². The van der Waals surface area contributed by atoms with E-state index in [0.717, 1.165) is 12.1 Å². The second kappa shape index (κ2) is 4.82. The van der Waals surface area contributed by atoms with Crippen LogP contribution in [0.1, 0.15) is 15.9 Å². The van der Waals surface area contributed by atoms with Crippen LogP contribution in [0.3, 0.4) is 0 Å². The molecule has 1 aromatic heterocycles. The molecule has 1 heterocycles. The summed E-state index contributed by atoms with van der Waals surface area (Å²) in [5.41, 5.74) is 6.03. The molecule has 7 heteroatoms. The van der Waals surface area contributed by atoms with E-state index in [0.29, 0.717) is 17.4 Å². The predicted molar refractivity (Wildman–Crippen MR) is 60.5 cm³/mol. The molecule has 0 aliphatic rings. The smallest absolute Gasteiger partial charge is 0.251 e. The summed E-state index contributed by atoms with van der Waals surface area (Å²) in [6.45, 7) is 0.124. The van der Waals surface area contributed by atoms with Gasteiger partial charge in [0.05, 0.1) is 6.20 Å². The van der Waals surface area contributed by atoms with E-state index in [1.54, 1.807) is 0 Å². The molecule has 1 amide bonds. The van der Waals surface area contributed by atoms with Gasteiger partial charge in [-0.3, -0.25) is 9.89 Å². The Kier molecular flexibility index (Phi) is 3.22. The van der Waals surface area contributed by atoms with E-state index in [4.69, 9.17) is 5.73 Å². The van der Waals surface area contributed by atoms with Gasteiger partial charge in [-0.05, 0) is 12.1 Å². The zero-order valence-electron chi connectivity index (χ0n) is 9.21. The maximum Gasteiger partial charge on any atom is 0.251 e. The topological polar surface area (TPSA) is 83.8 Å². The van der Waals surface area contributed by atoms with Gasteiger partial charge in [-0.1, -0.05) is 0 Å². The lowest BCUT2D eigenvalue weighted by Gasteiger charge is -2.04. The monoisotopic (exact) mass is 252 g/mol. The molecule has 0 aliphatic heterocycles. The van der Waals surface area contributed by atoms with Crippen molar-refractivity contribution in [3.8, 4) is 0 Å². The Morgan fingerprint density at radius 1 is 1.33 bits per heavy atom. The molecule has 1 aromatic carbocycles. The first-order chi connectivity index (χ1) is 8.56. The second-order valence-corrected chi connectivity index (χ2v) is 3.65. The molecule has 94 valence electrons. The third-order valence-corrected chi connectivity index (χ3v) is 2.32. The molecule has 0 unspecified atom stereocenters. The Morgan fingerprint density at radius 2 is 2.00 bits per heavy atom. The van der Waals surface area contributed by atoms with Gasteiger partial charge in [0.25, 0.3) is 5.91 Å². The Morgan fingerprint density at radius 3 is 2.56 bits per heavy atom. The average molecular weight is 252 g/mol. The van der Waals surface area contributed by atoms with Gasteiger partial charge in [-0.15, -0.1) is 0 Å². The summed E-state index contributed by atoms with van der Waals surface area (Å²) in [4.78, 5) is 11.6. The molecular formula is C11H10F2N4O. The largest absolute Gasteiger partial charge is 0.384 e. The van der Waals surface area contributed by atoms with Crippen LogP contribution in [-0.4, -0.2) is 16.1 Å². The number of anilines is 1. The number of hydrogen-bond acceptors (Lipinski definition) is 3. The number of benzene rings is 1. The van der Waals surface area contributed by atoms with Crippen molar-refractivity contribution < 1.29 is 13.6 Å². The summed E-state index contributed by atoms with van der Waals surface area (Å²) in [5, 5.41) is 8.67. The zero-order chi connectivity index (χ0) is 13.1. The van der Waals surface area contributed by atoms with Gasteiger partial charge in [0.1, 0.15) is 17.5 Å². The second-order valence-electron chi connectivity index (χ2n) is 3.65. The van der Waals surface area contributed by atoms with Gasteiger partial charge in [-0.25, -0.2) is 8.78 Å². The summed E-state index contributed by atoms with van der Waals surface area (Å²) in [6.07, 6.45) is 1.46. The number of amides is 1. The van der Waals surface area contributed by atoms with Crippen LogP contribution >= 0.6 is 0 Å². The first-order valence-corrected chi connectivity index (χ1v) is 5.08. The van der Waals surface area contributed by atoms with Gasteiger partial charge in [-0.2, -0.15) is 5.10 Å². The lowest BCUT2D eigenvalue weighted by Crippen LogP contribution is -2.23. The third kappa shape index (κ3) is 2.62. The molecule has 4 N–H and O–H groups in total. The molecule has 2 rings (SSSR count). The number of rotatable bonds is 3. The highest BCUT2D eigenvalue weighted by Crippen LogP contribution is 2.09. The van der Waals surface area contributed by atoms with Crippen LogP contribution in [0, 0.1) is 11.6 Å². The molecule has 0 radical (unpaired) electrons. The van der Waals surface area contributed by atoms with Gasteiger partial charge >= 0.3 is 0 Å². The van der Waals surface area contributed by atoms with E-state index in [-0.39, 0.29) is 12.1 Å². The van der Waals surface area contributed by atoms with Crippen molar-refractivity contribution in [2.75, 3.05) is 5.73 Å². The first-order valence-electron chi connectivity index (χ1n) is 5.08. The standard InChI is InChI=1S/C11H10F2N4O/c12-8-1-6(2-9(13)3-8)11(18)15-4-7-5-16-17-10(7)14/h1-3,5H,4H2,(H,15,18)(H3,14,16,17). The number of nitrogen functional groups attached to an aromatic ring is 1. The summed E-state index contributed by atoms with van der Waals surface area (Å²) in [5.74, 6) is -1.86. The van der Waals surface area contributed by atoms with E-state index in [2.05, 4.69) is 15.5 Å². The van der Waals surface area contributed by atoms with Gasteiger partial charge in [0.2, 0.25) is 0 Å². The summed E-state index contributed by atoms with van der Waals surface area (Å²) in [7, 11) is 0. The number of H-pyrrole nitrogens is 1. The van der Waals surface area contributed by atoms with Crippen LogP contribution in [0.2, 0.25) is 0 Å². The van der Waals surface area contributed by atoms with E-state index in [1.165, 1.54) is 6.20 Å². The predicted octanol–water partition coefficient (Wildman–Crippen LogP) is 1.20. The van der Waals surface area contributed by atoms with Crippen molar-refractivity contribution in [2.45, 2.75) is 6.54 Å². The summed E-state index contributed by atoms with van der Waals surface area (Å²) < 4.78 is 25.8. The van der Waals surface area contributed by atoms with Gasteiger partial charge in [0, 0.05) is 23.7 Å². The number of nitrogens with zero attached hydrogens (tertiary/aromatic N) is 1. The van der Waals surface area contributed by atoms with Gasteiger partial charge < -0.3 is 11.1 Å². The highest BCUT2D eigenvalue weighted by atomic mass is 19.1. The molecule has 0 saturated carbocycles. The van der Waals surface area contributed by atoms with Crippen LogP contribution in [0.15, 0.2) is 24.4 Å². The van der Waals surface area contributed by atoms with Crippen LogP contribution < -0.4 is 11.1 Å². The molecule has 18 heavy (non-hydrogen) atoms. The summed E-state index contributed by atoms with van der Waals surface area (Å²) >= 11 is 0. The maximum atomic E-state index is 12.9. The molecule has 2 aromatic rings. The quantitative estimate of drug-likeness (QED) is 0.767. The summed E-state index contributed by atoms with van der Waals surface area (Å²) in [6, 6.07) is 2.61. The zero-order valence-corrected chi connectivity index (χ0v) is 9.21. The molecule has 0 atom stereocenters. The van der Waals surface area contributed by atoms with Crippen LogP contribution in [0.5, 0.6) is 0 Å². The lowest BCUT2D eigenvalue weighted by atomic mass is 10.2. The van der Waals surface area contributed by atoms with Crippen LogP contribution in [0.4, 0.5) is 14.6 Å². The van der Waals surface area contributed by atoms with Crippen molar-refractivity contribution in [3.05, 3.63) is 47.2 Å². The fourth-order valence-corrected chi connectivity index (χ4v) is 1.42. The Balaban J connectivity index is 2.06. The van der Waals surface area contributed by atoms with Crippen LogP contribution in [0.25, 0.3) is 0 Å². The molecule has 0 bridgehead atoms. The van der Waals surface area contributed by atoms with Crippen molar-refractivity contribution in [1.82, 2.24) is 15.5 Å². The van der Waals surface area contributed by atoms with E-state index in [1.807, 2.05) is 0 Å². The molecule has 0 fully saturated rings. The molecular weight excluding hydrogens is 242 g/mol. The highest BCUT2D eigenvalue weighted by Gasteiger charge is 2.10. The highest BCUT2D eigenvalue weighted by molar-refractivity contribution is 5.94. The number of carbonyl (C=O) groups is 1. The maximum absolute atomic E-state index is 12.9. The van der Waals surface area contributed by atoms with Gasteiger partial charge in [0.15, 0.2) is 0 Å². The molecule has 0 saturated heterocycles. The lowest BCUT2D eigenvalue weighted by molar-refractivity contribution is 0.0950. The average Bonchev–Trinajstić information content (AvgIpc) is 2.70. The molecule has 5 nitrogen and oxygen atoms in total. The third-order valence-electron chi connectivity index (χ3n) is 2.32. The Labute approximate surface area is 101 Å². The van der Waals surface area contributed by atoms with Crippen molar-refractivity contribution in [1.29, 1.82) is 0 Å². The number of halogens is 2. The Hall–Kier alpha value is -2.44. The number of hydrogen-bond donors (Lipinski definition) is 3.